The van der Waals surface area contributed by atoms with E-state index in [9.17, 15) is 10.2 Å². The maximum atomic E-state index is 10.4. The summed E-state index contributed by atoms with van der Waals surface area (Å²) >= 11 is 0. The molecule has 0 aromatic carbocycles. The molecule has 0 radical (unpaired) electrons. The van der Waals surface area contributed by atoms with E-state index in [-0.39, 0.29) is 23.2 Å². The Morgan fingerprint density at radius 2 is 1.71 bits per heavy atom. The Morgan fingerprint density at radius 3 is 2.42 bits per heavy atom. The number of hydrogen-bond acceptors (Lipinski definition) is 3. The van der Waals surface area contributed by atoms with Crippen LogP contribution >= 0.6 is 0 Å². The van der Waals surface area contributed by atoms with Crippen LogP contribution in [0.4, 0.5) is 0 Å². The standard InChI is InChI=1S/C21H37NO2/c1-13(23)16-8-11-21(22)18-5-4-14-12-15(24)6-9-19(14,2)17(18)7-10-20(16,21)3/h13-18,23-24H,4-12,22H2,1-3H3/t13?,14?,15?,16-,17+,18-,19+,20-,21?/m1/s1. The Hall–Kier alpha value is -0.120. The lowest BCUT2D eigenvalue weighted by atomic mass is 9.42. The van der Waals surface area contributed by atoms with E-state index in [1.807, 2.05) is 6.92 Å². The van der Waals surface area contributed by atoms with Crippen LogP contribution in [0.25, 0.3) is 0 Å². The Bertz CT molecular complexity index is 508. The Balaban J connectivity index is 1.66. The maximum Gasteiger partial charge on any atom is 0.0546 e. The van der Waals surface area contributed by atoms with Gasteiger partial charge in [-0.3, -0.25) is 0 Å². The molecule has 4 rings (SSSR count). The van der Waals surface area contributed by atoms with E-state index >= 15 is 0 Å². The van der Waals surface area contributed by atoms with Gasteiger partial charge in [-0.25, -0.2) is 0 Å². The quantitative estimate of drug-likeness (QED) is 0.687. The zero-order valence-electron chi connectivity index (χ0n) is 15.8. The third-order valence-electron chi connectivity index (χ3n) is 9.63. The van der Waals surface area contributed by atoms with E-state index in [1.165, 1.54) is 32.1 Å². The molecule has 4 fully saturated rings. The summed E-state index contributed by atoms with van der Waals surface area (Å²) in [7, 11) is 0. The zero-order chi connectivity index (χ0) is 17.3. The molecule has 0 spiro atoms. The van der Waals surface area contributed by atoms with E-state index in [2.05, 4.69) is 13.8 Å². The lowest BCUT2D eigenvalue weighted by Gasteiger charge is -2.64. The molecule has 0 bridgehead atoms. The highest BCUT2D eigenvalue weighted by atomic mass is 16.3. The lowest BCUT2D eigenvalue weighted by molar-refractivity contribution is -0.141. The molecule has 138 valence electrons. The van der Waals surface area contributed by atoms with Gasteiger partial charge in [0.15, 0.2) is 0 Å². The molecule has 4 unspecified atom stereocenters. The van der Waals surface area contributed by atoms with Crippen LogP contribution in [0.5, 0.6) is 0 Å². The van der Waals surface area contributed by atoms with Crippen molar-refractivity contribution in [2.75, 3.05) is 0 Å². The van der Waals surface area contributed by atoms with Gasteiger partial charge in [-0.1, -0.05) is 13.8 Å². The van der Waals surface area contributed by atoms with Gasteiger partial charge < -0.3 is 15.9 Å². The smallest absolute Gasteiger partial charge is 0.0546 e. The summed E-state index contributed by atoms with van der Waals surface area (Å²) in [6.45, 7) is 6.86. The monoisotopic (exact) mass is 335 g/mol. The van der Waals surface area contributed by atoms with Gasteiger partial charge in [-0.05, 0) is 99.2 Å². The Morgan fingerprint density at radius 1 is 0.958 bits per heavy atom. The van der Waals surface area contributed by atoms with Crippen molar-refractivity contribution in [1.82, 2.24) is 0 Å². The van der Waals surface area contributed by atoms with Crippen LogP contribution in [0.2, 0.25) is 0 Å². The van der Waals surface area contributed by atoms with Gasteiger partial charge in [-0.2, -0.15) is 0 Å². The van der Waals surface area contributed by atoms with Crippen molar-refractivity contribution in [3.05, 3.63) is 0 Å². The topological polar surface area (TPSA) is 66.5 Å². The molecule has 0 aromatic rings. The fourth-order valence-corrected chi connectivity index (χ4v) is 8.12. The highest BCUT2D eigenvalue weighted by molar-refractivity contribution is 5.19. The molecule has 0 heterocycles. The van der Waals surface area contributed by atoms with E-state index < -0.39 is 0 Å². The first-order valence-corrected chi connectivity index (χ1v) is 10.4. The Kier molecular flexibility index (Phi) is 3.92. The highest BCUT2D eigenvalue weighted by Gasteiger charge is 2.66. The average molecular weight is 336 g/mol. The van der Waals surface area contributed by atoms with Crippen LogP contribution in [0.3, 0.4) is 0 Å². The molecule has 4 saturated carbocycles. The van der Waals surface area contributed by atoms with Crippen molar-refractivity contribution >= 4 is 0 Å². The van der Waals surface area contributed by atoms with Crippen molar-refractivity contribution in [3.63, 3.8) is 0 Å². The normalized spacial score (nSPS) is 58.5. The number of aliphatic hydroxyl groups is 2. The second-order valence-corrected chi connectivity index (χ2v) is 10.3. The van der Waals surface area contributed by atoms with E-state index in [4.69, 9.17) is 5.73 Å². The summed E-state index contributed by atoms with van der Waals surface area (Å²) in [6.07, 6.45) is 9.92. The maximum absolute atomic E-state index is 10.4. The summed E-state index contributed by atoms with van der Waals surface area (Å²) < 4.78 is 0. The van der Waals surface area contributed by atoms with Crippen LogP contribution in [0, 0.1) is 34.5 Å². The largest absolute Gasteiger partial charge is 0.393 e. The molecule has 4 aliphatic carbocycles. The molecule has 4 aliphatic rings. The van der Waals surface area contributed by atoms with Gasteiger partial charge in [0, 0.05) is 5.54 Å². The van der Waals surface area contributed by atoms with Gasteiger partial charge in [0.1, 0.15) is 0 Å². The fraction of sp³-hybridized carbons (Fsp3) is 1.00. The first kappa shape index (κ1) is 17.3. The van der Waals surface area contributed by atoms with Crippen molar-refractivity contribution in [3.8, 4) is 0 Å². The second-order valence-electron chi connectivity index (χ2n) is 10.3. The molecule has 9 atom stereocenters. The average Bonchev–Trinajstić information content (AvgIpc) is 2.80. The van der Waals surface area contributed by atoms with Crippen molar-refractivity contribution in [2.45, 2.75) is 96.3 Å². The SMILES string of the molecule is CC(O)[C@H]1CCC2(N)[C@@H]3CCC4CC(O)CC[C@]4(C)[C@H]3CC[C@]12C. The van der Waals surface area contributed by atoms with E-state index in [0.717, 1.165) is 31.6 Å². The number of fused-ring (bicyclic) bond motifs is 5. The molecule has 4 N–H and O–H groups in total. The molecule has 0 saturated heterocycles. The summed E-state index contributed by atoms with van der Waals surface area (Å²) in [5.41, 5.74) is 7.60. The second kappa shape index (κ2) is 5.44. The van der Waals surface area contributed by atoms with Gasteiger partial charge >= 0.3 is 0 Å². The minimum Gasteiger partial charge on any atom is -0.393 e. The summed E-state index contributed by atoms with van der Waals surface area (Å²) in [4.78, 5) is 0. The Labute approximate surface area is 147 Å². The fourth-order valence-electron chi connectivity index (χ4n) is 8.12. The van der Waals surface area contributed by atoms with Gasteiger partial charge in [-0.15, -0.1) is 0 Å². The molecule has 0 aliphatic heterocycles. The molecular weight excluding hydrogens is 298 g/mol. The van der Waals surface area contributed by atoms with Gasteiger partial charge in [0.25, 0.3) is 0 Å². The predicted octanol–water partition coefficient (Wildman–Crippen LogP) is 3.47. The highest BCUT2D eigenvalue weighted by Crippen LogP contribution is 2.68. The predicted molar refractivity (Wildman–Crippen MR) is 96.3 cm³/mol. The molecule has 0 aromatic heterocycles. The third kappa shape index (κ3) is 2.07. The van der Waals surface area contributed by atoms with Crippen LogP contribution in [0.15, 0.2) is 0 Å². The third-order valence-corrected chi connectivity index (χ3v) is 9.63. The van der Waals surface area contributed by atoms with Crippen LogP contribution in [-0.2, 0) is 0 Å². The van der Waals surface area contributed by atoms with Crippen LogP contribution in [0.1, 0.15) is 78.6 Å². The molecule has 3 heteroatoms. The molecule has 3 nitrogen and oxygen atoms in total. The van der Waals surface area contributed by atoms with E-state index in [1.54, 1.807) is 0 Å². The molecule has 24 heavy (non-hydrogen) atoms. The number of rotatable bonds is 1. The number of nitrogens with two attached hydrogens (primary N) is 1. The molecule has 0 amide bonds. The minimum absolute atomic E-state index is 0.0774. The van der Waals surface area contributed by atoms with Crippen LogP contribution < -0.4 is 5.73 Å². The van der Waals surface area contributed by atoms with Crippen molar-refractivity contribution in [1.29, 1.82) is 0 Å². The van der Waals surface area contributed by atoms with Crippen LogP contribution in [-0.4, -0.2) is 28.0 Å². The first-order valence-electron chi connectivity index (χ1n) is 10.4. The molecular formula is C21H37NO2. The minimum atomic E-state index is -0.242. The summed E-state index contributed by atoms with van der Waals surface area (Å²) in [5, 5.41) is 20.5. The van der Waals surface area contributed by atoms with Crippen molar-refractivity contribution in [2.24, 2.45) is 40.2 Å². The van der Waals surface area contributed by atoms with Gasteiger partial charge in [0.2, 0.25) is 0 Å². The van der Waals surface area contributed by atoms with Crippen molar-refractivity contribution < 1.29 is 10.2 Å². The van der Waals surface area contributed by atoms with Gasteiger partial charge in [0.05, 0.1) is 12.2 Å². The lowest BCUT2D eigenvalue weighted by Crippen LogP contribution is -2.66. The number of hydrogen-bond donors (Lipinski definition) is 3. The zero-order valence-corrected chi connectivity index (χ0v) is 15.8. The van der Waals surface area contributed by atoms with E-state index in [0.29, 0.717) is 23.2 Å². The summed E-state index contributed by atoms with van der Waals surface area (Å²) in [5.74, 6) is 2.37. The first-order chi connectivity index (χ1) is 11.2. The number of aliphatic hydroxyl groups excluding tert-OH is 2. The summed E-state index contributed by atoms with van der Waals surface area (Å²) in [6, 6.07) is 0.